The van der Waals surface area contributed by atoms with Gasteiger partial charge in [-0.25, -0.2) is 0 Å². The van der Waals surface area contributed by atoms with Crippen molar-refractivity contribution in [3.8, 4) is 0 Å². The van der Waals surface area contributed by atoms with Gasteiger partial charge in [0.05, 0.1) is 23.9 Å². The van der Waals surface area contributed by atoms with Gasteiger partial charge >= 0.3 is 46.1 Å². The number of carbonyl (C=O) groups excluding carboxylic acids is 4. The molecule has 0 atom stereocenters. The Morgan fingerprint density at radius 2 is 0.909 bits per heavy atom. The van der Waals surface area contributed by atoms with Crippen molar-refractivity contribution in [2.75, 3.05) is 0 Å². The second-order valence-corrected chi connectivity index (χ2v) is 3.26. The topological polar surface area (TPSA) is 161 Å². The summed E-state index contributed by atoms with van der Waals surface area (Å²) >= 11 is 0. The van der Waals surface area contributed by atoms with E-state index in [0.717, 1.165) is 0 Å². The van der Waals surface area contributed by atoms with Gasteiger partial charge in [-0.05, 0) is 36.1 Å². The quantitative estimate of drug-likeness (QED) is 0.344. The predicted octanol–water partition coefficient (Wildman–Crippen LogP) is -5.12. The molecule has 0 saturated carbocycles. The summed E-state index contributed by atoms with van der Waals surface area (Å²) in [4.78, 5) is 39.6. The number of hydrogen-bond donors (Lipinski definition) is 0. The van der Waals surface area contributed by atoms with Crippen molar-refractivity contribution in [2.24, 2.45) is 0 Å². The molecule has 10 heteroatoms. The fourth-order valence-corrected chi connectivity index (χ4v) is 0.895. The molecule has 0 aliphatic heterocycles. The summed E-state index contributed by atoms with van der Waals surface area (Å²) in [7, 11) is 0. The Hall–Kier alpha value is -1.11. The molecule has 0 spiro atoms. The van der Waals surface area contributed by atoms with Crippen LogP contribution in [-0.4, -0.2) is 70.0 Å². The molecule has 0 aliphatic carbocycles. The zero-order valence-electron chi connectivity index (χ0n) is 12.2. The third kappa shape index (κ3) is 16.9. The average molecular weight is 333 g/mol. The number of carboxylic acid groups (broad SMARTS) is 4. The van der Waals surface area contributed by atoms with Crippen molar-refractivity contribution in [1.82, 2.24) is 0 Å². The van der Waals surface area contributed by atoms with Gasteiger partial charge in [-0.2, -0.15) is 0 Å². The predicted molar refractivity (Wildman–Crippen MR) is 68.3 cm³/mol. The van der Waals surface area contributed by atoms with Crippen molar-refractivity contribution < 1.29 is 39.6 Å². The van der Waals surface area contributed by atoms with Gasteiger partial charge in [0.25, 0.3) is 0 Å². The summed E-state index contributed by atoms with van der Waals surface area (Å²) < 4.78 is 0. The number of aliphatic carboxylic acids is 4. The first kappa shape index (κ1) is 29.0. The second kappa shape index (κ2) is 16.3. The molecule has 0 radical (unpaired) electrons. The van der Waals surface area contributed by atoms with E-state index in [9.17, 15) is 39.6 Å². The number of carboxylic acids is 4. The van der Waals surface area contributed by atoms with Crippen LogP contribution < -0.4 is 20.4 Å². The van der Waals surface area contributed by atoms with Crippen LogP contribution in [0.4, 0.5) is 0 Å². The molecule has 0 unspecified atom stereocenters. The molecule has 0 rings (SSSR count). The molecule has 0 N–H and O–H groups in total. The van der Waals surface area contributed by atoms with E-state index in [1.165, 1.54) is 13.8 Å². The molecule has 0 aromatic rings. The molecule has 0 aromatic heterocycles. The summed E-state index contributed by atoms with van der Waals surface area (Å²) in [5, 5.41) is 39.6. The molecule has 0 aromatic carbocycles. The first-order valence-corrected chi connectivity index (χ1v) is 5.41. The zero-order valence-corrected chi connectivity index (χ0v) is 15.1. The third-order valence-electron chi connectivity index (χ3n) is 1.87. The van der Waals surface area contributed by atoms with Crippen LogP contribution in [0.3, 0.4) is 0 Å². The Balaban J connectivity index is -0.000000135. The largest absolute Gasteiger partial charge is 2.00 e. The average Bonchev–Trinajstić information content (AvgIpc) is 2.32. The standard InChI is InChI=1S/2C6H8O4.2Mg/c2*1-2-4(6(9)10)3-5(7)8;;/h2*3H,2H2,1H3,(H,7,8)(H,9,10);;/q;;2*+2/p-4/b2*4-3-;;. The van der Waals surface area contributed by atoms with Crippen LogP contribution in [-0.2, 0) is 19.2 Å². The van der Waals surface area contributed by atoms with E-state index in [1.54, 1.807) is 0 Å². The molecule has 0 aliphatic rings. The van der Waals surface area contributed by atoms with Crippen molar-refractivity contribution in [1.29, 1.82) is 0 Å². The molecular weight excluding hydrogens is 321 g/mol. The van der Waals surface area contributed by atoms with Crippen LogP contribution in [0.2, 0.25) is 0 Å². The van der Waals surface area contributed by atoms with Crippen molar-refractivity contribution in [3.05, 3.63) is 23.3 Å². The smallest absolute Gasteiger partial charge is 0.545 e. The van der Waals surface area contributed by atoms with Gasteiger partial charge in [-0.15, -0.1) is 0 Å². The normalized spacial score (nSPS) is 10.1. The first-order chi connectivity index (χ1) is 9.15. The molecule has 0 fully saturated rings. The van der Waals surface area contributed by atoms with Gasteiger partial charge in [-0.1, -0.05) is 13.8 Å². The zero-order chi connectivity index (χ0) is 16.3. The summed E-state index contributed by atoms with van der Waals surface area (Å²) in [5.74, 6) is -5.96. The first-order valence-electron chi connectivity index (χ1n) is 5.41. The Bertz CT molecular complexity index is 412. The van der Waals surface area contributed by atoms with Gasteiger partial charge < -0.3 is 39.6 Å². The Morgan fingerprint density at radius 1 is 0.682 bits per heavy atom. The minimum Gasteiger partial charge on any atom is -0.545 e. The maximum absolute atomic E-state index is 10.00. The summed E-state index contributed by atoms with van der Waals surface area (Å²) in [6, 6.07) is 0. The maximum atomic E-state index is 10.00. The van der Waals surface area contributed by atoms with E-state index in [0.29, 0.717) is 12.2 Å². The van der Waals surface area contributed by atoms with E-state index in [-0.39, 0.29) is 70.1 Å². The Morgan fingerprint density at radius 3 is 0.955 bits per heavy atom. The summed E-state index contributed by atoms with van der Waals surface area (Å²) in [6.07, 6.45) is 1.29. The fourth-order valence-electron chi connectivity index (χ4n) is 0.895. The molecule has 0 bridgehead atoms. The number of rotatable bonds is 6. The fraction of sp³-hybridized carbons (Fsp3) is 0.333. The number of hydrogen-bond acceptors (Lipinski definition) is 8. The number of carbonyl (C=O) groups is 4. The third-order valence-corrected chi connectivity index (χ3v) is 1.87. The van der Waals surface area contributed by atoms with Crippen molar-refractivity contribution >= 4 is 70.0 Å². The maximum Gasteiger partial charge on any atom is 2.00 e. The minimum absolute atomic E-state index is 0. The Labute approximate surface area is 159 Å². The van der Waals surface area contributed by atoms with Crippen LogP contribution >= 0.6 is 0 Å². The van der Waals surface area contributed by atoms with Gasteiger partial charge in [0.2, 0.25) is 0 Å². The Kier molecular flexibility index (Phi) is 21.4. The SMILES string of the molecule is CC/C(=C/C(=O)[O-])C(=O)[O-].CC/C(=C/C(=O)[O-])C(=O)[O-].[Mg+2].[Mg+2]. The monoisotopic (exact) mass is 332 g/mol. The van der Waals surface area contributed by atoms with E-state index in [1.807, 2.05) is 0 Å². The van der Waals surface area contributed by atoms with E-state index in [4.69, 9.17) is 0 Å². The van der Waals surface area contributed by atoms with Crippen LogP contribution in [0.5, 0.6) is 0 Å². The molecule has 0 heterocycles. The van der Waals surface area contributed by atoms with Crippen LogP contribution in [0.1, 0.15) is 26.7 Å². The molecule has 112 valence electrons. The molecule has 0 amide bonds. The molecule has 22 heavy (non-hydrogen) atoms. The molecular formula is C12H12Mg2O8. The summed E-state index contributed by atoms with van der Waals surface area (Å²) in [5.41, 5.74) is -0.528. The van der Waals surface area contributed by atoms with Gasteiger partial charge in [0.15, 0.2) is 0 Å². The molecule has 8 nitrogen and oxygen atoms in total. The summed E-state index contributed by atoms with van der Waals surface area (Å²) in [6.45, 7) is 3.04. The van der Waals surface area contributed by atoms with Gasteiger partial charge in [-0.3, -0.25) is 0 Å². The van der Waals surface area contributed by atoms with E-state index < -0.39 is 23.9 Å². The second-order valence-electron chi connectivity index (χ2n) is 3.26. The minimum atomic E-state index is -1.51. The van der Waals surface area contributed by atoms with Gasteiger partial charge in [0, 0.05) is 0 Å². The van der Waals surface area contributed by atoms with E-state index >= 15 is 0 Å². The van der Waals surface area contributed by atoms with E-state index in [2.05, 4.69) is 0 Å². The van der Waals surface area contributed by atoms with Crippen LogP contribution in [0.25, 0.3) is 0 Å². The molecule has 0 saturated heterocycles. The van der Waals surface area contributed by atoms with Crippen LogP contribution in [0.15, 0.2) is 23.3 Å². The van der Waals surface area contributed by atoms with Crippen molar-refractivity contribution in [3.63, 3.8) is 0 Å². The van der Waals surface area contributed by atoms with Gasteiger partial charge in [0.1, 0.15) is 0 Å². The van der Waals surface area contributed by atoms with Crippen molar-refractivity contribution in [2.45, 2.75) is 26.7 Å². The van der Waals surface area contributed by atoms with Crippen LogP contribution in [0, 0.1) is 0 Å².